The van der Waals surface area contributed by atoms with Gasteiger partial charge in [0.15, 0.2) is 0 Å². The molecule has 15 heavy (non-hydrogen) atoms. The van der Waals surface area contributed by atoms with Crippen LogP contribution in [0.5, 0.6) is 0 Å². The van der Waals surface area contributed by atoms with E-state index in [0.29, 0.717) is 11.3 Å². The molecular formula is C11H6FN3. The molecule has 0 saturated heterocycles. The predicted octanol–water partition coefficient (Wildman–Crippen LogP) is 2.15. The molecule has 4 heteroatoms. The Morgan fingerprint density at radius 1 is 1.27 bits per heavy atom. The van der Waals surface area contributed by atoms with E-state index < -0.39 is 5.82 Å². The minimum atomic E-state index is -0.555. The molecule has 0 N–H and O–H groups in total. The Balaban J connectivity index is 2.61. The van der Waals surface area contributed by atoms with E-state index in [1.54, 1.807) is 18.2 Å². The molecule has 1 aromatic heterocycles. The summed E-state index contributed by atoms with van der Waals surface area (Å²) in [5, 5.41) is 8.66. The molecule has 0 fully saturated rings. The summed E-state index contributed by atoms with van der Waals surface area (Å²) in [6.07, 6.45) is 4.45. The van der Waals surface area contributed by atoms with Crippen molar-refractivity contribution in [2.45, 2.75) is 0 Å². The van der Waals surface area contributed by atoms with Crippen molar-refractivity contribution in [3.63, 3.8) is 0 Å². The van der Waals surface area contributed by atoms with Crippen molar-refractivity contribution < 1.29 is 4.39 Å². The SMILES string of the molecule is N#Cc1cccc(-c2cnccn2)c1F. The van der Waals surface area contributed by atoms with Gasteiger partial charge >= 0.3 is 0 Å². The van der Waals surface area contributed by atoms with Crippen LogP contribution in [0, 0.1) is 17.1 Å². The average Bonchev–Trinajstić information content (AvgIpc) is 2.30. The van der Waals surface area contributed by atoms with Gasteiger partial charge in [-0.3, -0.25) is 9.97 Å². The van der Waals surface area contributed by atoms with Gasteiger partial charge in [0.05, 0.1) is 17.5 Å². The van der Waals surface area contributed by atoms with Crippen molar-refractivity contribution >= 4 is 0 Å². The van der Waals surface area contributed by atoms with Crippen LogP contribution in [-0.2, 0) is 0 Å². The lowest BCUT2D eigenvalue weighted by molar-refractivity contribution is 0.626. The third kappa shape index (κ3) is 1.67. The zero-order valence-electron chi connectivity index (χ0n) is 7.68. The molecule has 1 aromatic carbocycles. The van der Waals surface area contributed by atoms with Crippen molar-refractivity contribution in [3.8, 4) is 17.3 Å². The first kappa shape index (κ1) is 9.28. The first-order valence-corrected chi connectivity index (χ1v) is 4.28. The quantitative estimate of drug-likeness (QED) is 0.707. The lowest BCUT2D eigenvalue weighted by atomic mass is 10.1. The van der Waals surface area contributed by atoms with Crippen LogP contribution in [0.3, 0.4) is 0 Å². The molecule has 0 saturated carbocycles. The molecule has 0 bridgehead atoms. The first-order chi connectivity index (χ1) is 7.33. The lowest BCUT2D eigenvalue weighted by Gasteiger charge is -2.02. The number of nitriles is 1. The van der Waals surface area contributed by atoms with Crippen LogP contribution in [0.1, 0.15) is 5.56 Å². The molecule has 0 aliphatic rings. The van der Waals surface area contributed by atoms with E-state index in [1.165, 1.54) is 24.7 Å². The lowest BCUT2D eigenvalue weighted by Crippen LogP contribution is -1.91. The zero-order valence-corrected chi connectivity index (χ0v) is 7.68. The maximum atomic E-state index is 13.7. The molecular weight excluding hydrogens is 193 g/mol. The summed E-state index contributed by atoms with van der Waals surface area (Å²) in [4.78, 5) is 7.82. The Bertz CT molecular complexity index is 517. The van der Waals surface area contributed by atoms with Gasteiger partial charge in [-0.2, -0.15) is 5.26 Å². The van der Waals surface area contributed by atoms with Gasteiger partial charge in [-0.05, 0) is 12.1 Å². The number of halogens is 1. The standard InChI is InChI=1S/C11H6FN3/c12-11-8(6-13)2-1-3-9(11)10-7-14-4-5-15-10/h1-5,7H. The van der Waals surface area contributed by atoms with Crippen LogP contribution in [-0.4, -0.2) is 9.97 Å². The van der Waals surface area contributed by atoms with Crippen molar-refractivity contribution in [2.24, 2.45) is 0 Å². The predicted molar refractivity (Wildman–Crippen MR) is 52.1 cm³/mol. The highest BCUT2D eigenvalue weighted by Crippen LogP contribution is 2.21. The molecule has 0 aliphatic heterocycles. The van der Waals surface area contributed by atoms with E-state index in [-0.39, 0.29) is 5.56 Å². The van der Waals surface area contributed by atoms with E-state index in [4.69, 9.17) is 5.26 Å². The molecule has 0 atom stereocenters. The number of aromatic nitrogens is 2. The Kier molecular flexibility index (Phi) is 2.38. The number of benzene rings is 1. The van der Waals surface area contributed by atoms with E-state index in [1.807, 2.05) is 0 Å². The van der Waals surface area contributed by atoms with Gasteiger partial charge < -0.3 is 0 Å². The summed E-state index contributed by atoms with van der Waals surface area (Å²) in [5.74, 6) is -0.555. The monoisotopic (exact) mass is 199 g/mol. The maximum Gasteiger partial charge on any atom is 0.150 e. The topological polar surface area (TPSA) is 49.6 Å². The molecule has 1 heterocycles. The Labute approximate surface area is 85.9 Å². The summed E-state index contributed by atoms with van der Waals surface area (Å²) in [6.45, 7) is 0. The highest BCUT2D eigenvalue weighted by molar-refractivity contribution is 5.61. The van der Waals surface area contributed by atoms with Crippen molar-refractivity contribution in [1.82, 2.24) is 9.97 Å². The summed E-state index contributed by atoms with van der Waals surface area (Å²) in [7, 11) is 0. The van der Waals surface area contributed by atoms with Gasteiger partial charge in [-0.1, -0.05) is 6.07 Å². The van der Waals surface area contributed by atoms with Crippen LogP contribution in [0.25, 0.3) is 11.3 Å². The van der Waals surface area contributed by atoms with Gasteiger partial charge in [-0.25, -0.2) is 4.39 Å². The van der Waals surface area contributed by atoms with Crippen LogP contribution in [0.2, 0.25) is 0 Å². The van der Waals surface area contributed by atoms with Crippen LogP contribution in [0.15, 0.2) is 36.8 Å². The van der Waals surface area contributed by atoms with Gasteiger partial charge in [0.25, 0.3) is 0 Å². The average molecular weight is 199 g/mol. The molecule has 0 aliphatic carbocycles. The summed E-state index contributed by atoms with van der Waals surface area (Å²) in [5.41, 5.74) is 0.729. The normalized spacial score (nSPS) is 9.60. The highest BCUT2D eigenvalue weighted by Gasteiger charge is 2.09. The minimum absolute atomic E-state index is 0.0122. The third-order valence-corrected chi connectivity index (χ3v) is 1.96. The van der Waals surface area contributed by atoms with Crippen molar-refractivity contribution in [2.75, 3.05) is 0 Å². The second-order valence-corrected chi connectivity index (χ2v) is 2.87. The fourth-order valence-corrected chi connectivity index (χ4v) is 1.25. The zero-order chi connectivity index (χ0) is 10.7. The summed E-state index contributed by atoms with van der Waals surface area (Å²) < 4.78 is 13.7. The smallest absolute Gasteiger partial charge is 0.150 e. The van der Waals surface area contributed by atoms with Crippen LogP contribution < -0.4 is 0 Å². The molecule has 0 radical (unpaired) electrons. The van der Waals surface area contributed by atoms with Crippen molar-refractivity contribution in [1.29, 1.82) is 5.26 Å². The second kappa shape index (κ2) is 3.84. The molecule has 2 rings (SSSR count). The van der Waals surface area contributed by atoms with Gasteiger partial charge in [0.1, 0.15) is 11.9 Å². The number of hydrogen-bond acceptors (Lipinski definition) is 3. The molecule has 3 nitrogen and oxygen atoms in total. The summed E-state index contributed by atoms with van der Waals surface area (Å²) in [6, 6.07) is 6.39. The molecule has 72 valence electrons. The number of nitrogens with zero attached hydrogens (tertiary/aromatic N) is 3. The van der Waals surface area contributed by atoms with Crippen LogP contribution >= 0.6 is 0 Å². The molecule has 2 aromatic rings. The van der Waals surface area contributed by atoms with Gasteiger partial charge in [-0.15, -0.1) is 0 Å². The second-order valence-electron chi connectivity index (χ2n) is 2.87. The first-order valence-electron chi connectivity index (χ1n) is 4.28. The van der Waals surface area contributed by atoms with E-state index >= 15 is 0 Å². The largest absolute Gasteiger partial charge is 0.261 e. The number of hydrogen-bond donors (Lipinski definition) is 0. The number of rotatable bonds is 1. The molecule has 0 amide bonds. The van der Waals surface area contributed by atoms with Gasteiger partial charge in [0.2, 0.25) is 0 Å². The van der Waals surface area contributed by atoms with E-state index in [9.17, 15) is 4.39 Å². The Morgan fingerprint density at radius 3 is 2.80 bits per heavy atom. The third-order valence-electron chi connectivity index (χ3n) is 1.96. The van der Waals surface area contributed by atoms with Gasteiger partial charge in [0, 0.05) is 18.0 Å². The summed E-state index contributed by atoms with van der Waals surface area (Å²) >= 11 is 0. The van der Waals surface area contributed by atoms with Crippen LogP contribution in [0.4, 0.5) is 4.39 Å². The highest BCUT2D eigenvalue weighted by atomic mass is 19.1. The maximum absolute atomic E-state index is 13.7. The van der Waals surface area contributed by atoms with E-state index in [2.05, 4.69) is 9.97 Å². The fraction of sp³-hybridized carbons (Fsp3) is 0. The molecule has 0 spiro atoms. The molecule has 0 unspecified atom stereocenters. The minimum Gasteiger partial charge on any atom is -0.261 e. The Hall–Kier alpha value is -2.28. The van der Waals surface area contributed by atoms with E-state index in [0.717, 1.165) is 0 Å². The Morgan fingerprint density at radius 2 is 2.13 bits per heavy atom. The fourth-order valence-electron chi connectivity index (χ4n) is 1.25. The van der Waals surface area contributed by atoms with Crippen molar-refractivity contribution in [3.05, 3.63) is 48.2 Å².